The molecule has 1 saturated heterocycles. The summed E-state index contributed by atoms with van der Waals surface area (Å²) < 4.78 is 12.4. The van der Waals surface area contributed by atoms with Gasteiger partial charge in [-0.1, -0.05) is 30.0 Å². The number of non-ortho nitro benzene ring substituents is 1. The summed E-state index contributed by atoms with van der Waals surface area (Å²) in [5, 5.41) is 10.9. The van der Waals surface area contributed by atoms with Gasteiger partial charge in [-0.2, -0.15) is 0 Å². The van der Waals surface area contributed by atoms with Crippen molar-refractivity contribution in [3.63, 3.8) is 0 Å². The van der Waals surface area contributed by atoms with E-state index < -0.39 is 4.92 Å². The molecule has 172 valence electrons. The minimum Gasteiger partial charge on any atom is -0.493 e. The van der Waals surface area contributed by atoms with E-state index in [1.54, 1.807) is 18.3 Å². The molecule has 11 heteroatoms. The van der Waals surface area contributed by atoms with Crippen molar-refractivity contribution in [1.82, 2.24) is 4.98 Å². The highest BCUT2D eigenvalue weighted by Gasteiger charge is 2.33. The number of benzene rings is 2. The minimum absolute atomic E-state index is 0.0629. The van der Waals surface area contributed by atoms with Gasteiger partial charge in [0.1, 0.15) is 6.61 Å². The summed E-state index contributed by atoms with van der Waals surface area (Å²) in [4.78, 5) is 29.5. The van der Waals surface area contributed by atoms with Gasteiger partial charge in [-0.15, -0.1) is 0 Å². The van der Waals surface area contributed by atoms with Crippen LogP contribution in [0.25, 0.3) is 6.08 Å². The van der Waals surface area contributed by atoms with E-state index in [-0.39, 0.29) is 18.2 Å². The number of rotatable bonds is 7. The molecule has 0 aliphatic carbocycles. The van der Waals surface area contributed by atoms with Gasteiger partial charge in [0.15, 0.2) is 15.8 Å². The van der Waals surface area contributed by atoms with Crippen LogP contribution in [0.4, 0.5) is 11.4 Å². The number of hydrogen-bond acceptors (Lipinski definition) is 8. The van der Waals surface area contributed by atoms with Gasteiger partial charge in [0.25, 0.3) is 11.6 Å². The first kappa shape index (κ1) is 23.9. The van der Waals surface area contributed by atoms with Crippen LogP contribution in [0.3, 0.4) is 0 Å². The van der Waals surface area contributed by atoms with Crippen LogP contribution in [0.1, 0.15) is 11.3 Å². The van der Waals surface area contributed by atoms with E-state index in [4.69, 9.17) is 21.7 Å². The molecule has 0 unspecified atom stereocenters. The van der Waals surface area contributed by atoms with E-state index in [2.05, 4.69) is 20.9 Å². The summed E-state index contributed by atoms with van der Waals surface area (Å²) in [5.41, 5.74) is 1.88. The molecule has 0 radical (unpaired) electrons. The molecule has 0 N–H and O–H groups in total. The summed E-state index contributed by atoms with van der Waals surface area (Å²) in [6.45, 7) is 0.267. The first-order chi connectivity index (χ1) is 16.4. The molecule has 2 heterocycles. The van der Waals surface area contributed by atoms with Crippen LogP contribution in [0, 0.1) is 10.1 Å². The number of carbonyl (C=O) groups excluding carboxylic acids is 1. The van der Waals surface area contributed by atoms with Crippen LogP contribution in [0.15, 0.2) is 70.2 Å². The standard InChI is InChI=1S/C23H16BrN3O5S2/c1-31-19-11-14(10-18(24)21(19)32-13-15-4-2-3-9-25-15)12-20-22(28)26(23(33)34-20)16-5-7-17(8-6-16)27(29)30/h2-12H,13H2,1H3/b20-12-. The zero-order valence-electron chi connectivity index (χ0n) is 17.6. The number of nitro groups is 1. The van der Waals surface area contributed by atoms with Crippen LogP contribution in [0.5, 0.6) is 11.5 Å². The predicted molar refractivity (Wildman–Crippen MR) is 138 cm³/mol. The molecule has 3 aromatic rings. The minimum atomic E-state index is -0.497. The second kappa shape index (κ2) is 10.3. The van der Waals surface area contributed by atoms with Gasteiger partial charge in [-0.25, -0.2) is 0 Å². The molecule has 0 spiro atoms. The number of nitrogens with zero attached hydrogens (tertiary/aromatic N) is 3. The van der Waals surface area contributed by atoms with Crippen molar-refractivity contribution < 1.29 is 19.2 Å². The lowest BCUT2D eigenvalue weighted by Gasteiger charge is -2.14. The number of thioether (sulfide) groups is 1. The fourth-order valence-electron chi connectivity index (χ4n) is 3.16. The lowest BCUT2D eigenvalue weighted by atomic mass is 10.1. The van der Waals surface area contributed by atoms with Crippen LogP contribution in [-0.4, -0.2) is 27.2 Å². The van der Waals surface area contributed by atoms with Crippen molar-refractivity contribution in [2.75, 3.05) is 12.0 Å². The highest BCUT2D eigenvalue weighted by atomic mass is 79.9. The van der Waals surface area contributed by atoms with Crippen molar-refractivity contribution in [3.8, 4) is 11.5 Å². The average Bonchev–Trinajstić information content (AvgIpc) is 3.11. The quantitative estimate of drug-likeness (QED) is 0.157. The zero-order valence-corrected chi connectivity index (χ0v) is 20.9. The van der Waals surface area contributed by atoms with E-state index in [9.17, 15) is 14.9 Å². The Bertz CT molecular complexity index is 1300. The highest BCUT2D eigenvalue weighted by molar-refractivity contribution is 9.10. The van der Waals surface area contributed by atoms with Gasteiger partial charge in [-0.05, 0) is 64.0 Å². The number of carbonyl (C=O) groups is 1. The van der Waals surface area contributed by atoms with Crippen LogP contribution in [0.2, 0.25) is 0 Å². The van der Waals surface area contributed by atoms with Gasteiger partial charge in [-0.3, -0.25) is 24.8 Å². The van der Waals surface area contributed by atoms with E-state index in [1.807, 2.05) is 24.3 Å². The van der Waals surface area contributed by atoms with E-state index >= 15 is 0 Å². The van der Waals surface area contributed by atoms with Crippen molar-refractivity contribution in [3.05, 3.63) is 91.5 Å². The molecular formula is C23H16BrN3O5S2. The number of nitro benzene ring substituents is 1. The maximum atomic E-state index is 13.0. The van der Waals surface area contributed by atoms with Crippen molar-refractivity contribution >= 4 is 67.6 Å². The zero-order chi connectivity index (χ0) is 24.2. The van der Waals surface area contributed by atoms with Gasteiger partial charge < -0.3 is 9.47 Å². The Balaban J connectivity index is 1.57. The van der Waals surface area contributed by atoms with Crippen molar-refractivity contribution in [2.45, 2.75) is 6.61 Å². The molecule has 1 aliphatic heterocycles. The Morgan fingerprint density at radius 3 is 2.65 bits per heavy atom. The Morgan fingerprint density at radius 1 is 1.24 bits per heavy atom. The monoisotopic (exact) mass is 557 g/mol. The van der Waals surface area contributed by atoms with Crippen LogP contribution in [-0.2, 0) is 11.4 Å². The van der Waals surface area contributed by atoms with Crippen LogP contribution >= 0.6 is 39.9 Å². The Labute approximate surface area is 212 Å². The third-order valence-corrected chi connectivity index (χ3v) is 6.64. The lowest BCUT2D eigenvalue weighted by molar-refractivity contribution is -0.384. The molecule has 4 rings (SSSR count). The molecule has 1 amide bonds. The number of ether oxygens (including phenoxy) is 2. The normalized spacial score (nSPS) is 14.5. The van der Waals surface area contributed by atoms with Gasteiger partial charge in [0.2, 0.25) is 0 Å². The number of halogens is 1. The molecule has 2 aromatic carbocycles. The summed E-state index contributed by atoms with van der Waals surface area (Å²) in [5.74, 6) is 0.695. The van der Waals surface area contributed by atoms with Crippen molar-refractivity contribution in [1.29, 1.82) is 0 Å². The second-order valence-electron chi connectivity index (χ2n) is 6.93. The molecule has 0 saturated carbocycles. The third-order valence-electron chi connectivity index (χ3n) is 4.75. The number of aromatic nitrogens is 1. The number of anilines is 1. The first-order valence-corrected chi connectivity index (χ1v) is 11.8. The SMILES string of the molecule is COc1cc(/C=C2\SC(=S)N(c3ccc([N+](=O)[O-])cc3)C2=O)cc(Br)c1OCc1ccccn1. The molecule has 1 fully saturated rings. The largest absolute Gasteiger partial charge is 0.493 e. The lowest BCUT2D eigenvalue weighted by Crippen LogP contribution is -2.27. The van der Waals surface area contributed by atoms with Crippen LogP contribution < -0.4 is 14.4 Å². The summed E-state index contributed by atoms with van der Waals surface area (Å²) >= 11 is 10.1. The highest BCUT2D eigenvalue weighted by Crippen LogP contribution is 2.40. The molecule has 1 aromatic heterocycles. The van der Waals surface area contributed by atoms with Gasteiger partial charge in [0, 0.05) is 18.3 Å². The Kier molecular flexibility index (Phi) is 7.25. The maximum Gasteiger partial charge on any atom is 0.270 e. The van der Waals surface area contributed by atoms with E-state index in [0.717, 1.165) is 17.5 Å². The topological polar surface area (TPSA) is 94.8 Å². The number of amides is 1. The number of hydrogen-bond donors (Lipinski definition) is 0. The second-order valence-corrected chi connectivity index (χ2v) is 9.46. The Morgan fingerprint density at radius 2 is 2.00 bits per heavy atom. The van der Waals surface area contributed by atoms with Gasteiger partial charge >= 0.3 is 0 Å². The molecular weight excluding hydrogens is 542 g/mol. The summed E-state index contributed by atoms with van der Waals surface area (Å²) in [6.07, 6.45) is 3.40. The van der Waals surface area contributed by atoms with Crippen molar-refractivity contribution in [2.24, 2.45) is 0 Å². The predicted octanol–water partition coefficient (Wildman–Crippen LogP) is 5.75. The molecule has 1 aliphatic rings. The Hall–Kier alpha value is -3.28. The molecule has 8 nitrogen and oxygen atoms in total. The number of pyridine rings is 1. The van der Waals surface area contributed by atoms with E-state index in [1.165, 1.54) is 36.3 Å². The van der Waals surface area contributed by atoms with Gasteiger partial charge in [0.05, 0.1) is 32.8 Å². The maximum absolute atomic E-state index is 13.0. The third kappa shape index (κ3) is 5.11. The summed E-state index contributed by atoms with van der Waals surface area (Å²) in [6, 6.07) is 14.8. The smallest absolute Gasteiger partial charge is 0.270 e. The molecule has 0 bridgehead atoms. The fraction of sp³-hybridized carbons (Fsp3) is 0.0870. The van der Waals surface area contributed by atoms with E-state index in [0.29, 0.717) is 36.4 Å². The first-order valence-electron chi connectivity index (χ1n) is 9.80. The number of thiocarbonyl (C=S) groups is 1. The average molecular weight is 558 g/mol. The molecule has 0 atom stereocenters. The number of methoxy groups -OCH3 is 1. The summed E-state index contributed by atoms with van der Waals surface area (Å²) in [7, 11) is 1.53. The molecule has 34 heavy (non-hydrogen) atoms. The fourth-order valence-corrected chi connectivity index (χ4v) is 5.03.